The second-order valence-electron chi connectivity index (χ2n) is 4.90. The molecular formula is C14H20FN3O. The van der Waals surface area contributed by atoms with Crippen LogP contribution >= 0.6 is 0 Å². The third kappa shape index (κ3) is 3.50. The lowest BCUT2D eigenvalue weighted by atomic mass is 9.99. The molecule has 104 valence electrons. The van der Waals surface area contributed by atoms with Crippen molar-refractivity contribution in [3.8, 4) is 0 Å². The molecule has 1 amide bonds. The highest BCUT2D eigenvalue weighted by Gasteiger charge is 2.27. The van der Waals surface area contributed by atoms with Gasteiger partial charge in [0.1, 0.15) is 11.5 Å². The number of halogens is 1. The van der Waals surface area contributed by atoms with Gasteiger partial charge < -0.3 is 10.2 Å². The van der Waals surface area contributed by atoms with E-state index >= 15 is 0 Å². The largest absolute Gasteiger partial charge is 0.334 e. The molecule has 0 aliphatic carbocycles. The zero-order chi connectivity index (χ0) is 13.7. The van der Waals surface area contributed by atoms with Gasteiger partial charge in [-0.3, -0.25) is 4.79 Å². The summed E-state index contributed by atoms with van der Waals surface area (Å²) in [5.74, 6) is -0.497. The maximum Gasteiger partial charge on any atom is 0.272 e. The summed E-state index contributed by atoms with van der Waals surface area (Å²) in [6.45, 7) is 1.66. The lowest BCUT2D eigenvalue weighted by Crippen LogP contribution is -2.45. The Bertz CT molecular complexity index is 421. The molecule has 19 heavy (non-hydrogen) atoms. The zero-order valence-corrected chi connectivity index (χ0v) is 11.2. The van der Waals surface area contributed by atoms with Crippen LogP contribution in [-0.2, 0) is 0 Å². The van der Waals surface area contributed by atoms with Crippen LogP contribution in [0.5, 0.6) is 0 Å². The molecule has 1 unspecified atom stereocenters. The standard InChI is InChI=1S/C14H20FN3O/c1-16-8-7-12-4-2-3-9-18(12)14(19)13-6-5-11(15)10-17-13/h5-6,10,12,16H,2-4,7-9H2,1H3. The van der Waals surface area contributed by atoms with E-state index in [1.807, 2.05) is 11.9 Å². The summed E-state index contributed by atoms with van der Waals surface area (Å²) in [6.07, 6.45) is 5.27. The number of piperidine rings is 1. The molecule has 2 heterocycles. The molecule has 1 N–H and O–H groups in total. The van der Waals surface area contributed by atoms with Crippen molar-refractivity contribution in [1.29, 1.82) is 0 Å². The molecule has 4 nitrogen and oxygen atoms in total. The van der Waals surface area contributed by atoms with Gasteiger partial charge in [0.15, 0.2) is 0 Å². The van der Waals surface area contributed by atoms with Crippen molar-refractivity contribution in [2.24, 2.45) is 0 Å². The summed E-state index contributed by atoms with van der Waals surface area (Å²) in [5, 5.41) is 3.12. The van der Waals surface area contributed by atoms with Gasteiger partial charge >= 0.3 is 0 Å². The molecule has 1 atom stereocenters. The minimum Gasteiger partial charge on any atom is -0.334 e. The molecule has 1 fully saturated rings. The molecule has 1 aliphatic rings. The van der Waals surface area contributed by atoms with Gasteiger partial charge in [0.25, 0.3) is 5.91 Å². The lowest BCUT2D eigenvalue weighted by molar-refractivity contribution is 0.0596. The molecular weight excluding hydrogens is 245 g/mol. The van der Waals surface area contributed by atoms with Crippen molar-refractivity contribution in [3.05, 3.63) is 29.8 Å². The van der Waals surface area contributed by atoms with E-state index in [1.165, 1.54) is 12.1 Å². The van der Waals surface area contributed by atoms with Crippen LogP contribution in [0.25, 0.3) is 0 Å². The second kappa shape index (κ2) is 6.61. The number of carbonyl (C=O) groups excluding carboxylic acids is 1. The Morgan fingerprint density at radius 2 is 2.37 bits per heavy atom. The van der Waals surface area contributed by atoms with Crippen LogP contribution in [0.4, 0.5) is 4.39 Å². The van der Waals surface area contributed by atoms with Crippen molar-refractivity contribution in [3.63, 3.8) is 0 Å². The first kappa shape index (κ1) is 13.9. The van der Waals surface area contributed by atoms with Gasteiger partial charge in [0, 0.05) is 12.6 Å². The van der Waals surface area contributed by atoms with E-state index in [1.54, 1.807) is 0 Å². The van der Waals surface area contributed by atoms with E-state index in [-0.39, 0.29) is 11.9 Å². The Morgan fingerprint density at radius 1 is 1.53 bits per heavy atom. The molecule has 1 saturated heterocycles. The monoisotopic (exact) mass is 265 g/mol. The first-order chi connectivity index (χ1) is 9.22. The molecule has 0 spiro atoms. The summed E-state index contributed by atoms with van der Waals surface area (Å²) in [7, 11) is 1.91. The van der Waals surface area contributed by atoms with Gasteiger partial charge in [-0.25, -0.2) is 9.37 Å². The first-order valence-electron chi connectivity index (χ1n) is 6.79. The first-order valence-corrected chi connectivity index (χ1v) is 6.79. The molecule has 5 heteroatoms. The summed E-state index contributed by atoms with van der Waals surface area (Å²) < 4.78 is 12.8. The van der Waals surface area contributed by atoms with Gasteiger partial charge in [-0.15, -0.1) is 0 Å². The van der Waals surface area contributed by atoms with Crippen molar-refractivity contribution in [2.45, 2.75) is 31.7 Å². The highest BCUT2D eigenvalue weighted by molar-refractivity contribution is 5.92. The normalized spacial score (nSPS) is 19.5. The number of hydrogen-bond acceptors (Lipinski definition) is 3. The Kier molecular flexibility index (Phi) is 4.85. The SMILES string of the molecule is CNCCC1CCCCN1C(=O)c1ccc(F)cn1. The number of carbonyl (C=O) groups is 1. The van der Waals surface area contributed by atoms with Crippen LogP contribution in [-0.4, -0.2) is 42.0 Å². The number of likely N-dealkylation sites (tertiary alicyclic amines) is 1. The number of nitrogens with zero attached hydrogens (tertiary/aromatic N) is 2. The van der Waals surface area contributed by atoms with Gasteiger partial charge in [-0.2, -0.15) is 0 Å². The topological polar surface area (TPSA) is 45.2 Å². The van der Waals surface area contributed by atoms with Crippen LogP contribution < -0.4 is 5.32 Å². The molecule has 1 aliphatic heterocycles. The van der Waals surface area contributed by atoms with Crippen LogP contribution in [0.15, 0.2) is 18.3 Å². The second-order valence-corrected chi connectivity index (χ2v) is 4.90. The number of pyridine rings is 1. The van der Waals surface area contributed by atoms with Crippen LogP contribution in [0.2, 0.25) is 0 Å². The van der Waals surface area contributed by atoms with Gasteiger partial charge in [-0.1, -0.05) is 0 Å². The molecule has 0 radical (unpaired) electrons. The summed E-state index contributed by atoms with van der Waals surface area (Å²) >= 11 is 0. The highest BCUT2D eigenvalue weighted by Crippen LogP contribution is 2.21. The van der Waals surface area contributed by atoms with Crippen molar-refractivity contribution in [1.82, 2.24) is 15.2 Å². The minimum atomic E-state index is -0.415. The molecule has 1 aromatic rings. The lowest BCUT2D eigenvalue weighted by Gasteiger charge is -2.35. The van der Waals surface area contributed by atoms with Crippen molar-refractivity contribution in [2.75, 3.05) is 20.1 Å². The van der Waals surface area contributed by atoms with Crippen LogP contribution in [0.3, 0.4) is 0 Å². The Labute approximate surface area is 113 Å². The Balaban J connectivity index is 2.08. The van der Waals surface area contributed by atoms with E-state index in [0.29, 0.717) is 5.69 Å². The summed E-state index contributed by atoms with van der Waals surface area (Å²) in [5.41, 5.74) is 0.331. The maximum atomic E-state index is 12.8. The summed E-state index contributed by atoms with van der Waals surface area (Å²) in [6, 6.07) is 3.01. The average Bonchev–Trinajstić information content (AvgIpc) is 2.45. The van der Waals surface area contributed by atoms with Gasteiger partial charge in [0.2, 0.25) is 0 Å². The van der Waals surface area contributed by atoms with E-state index in [2.05, 4.69) is 10.3 Å². The molecule has 2 rings (SSSR count). The van der Waals surface area contributed by atoms with Crippen molar-refractivity contribution < 1.29 is 9.18 Å². The number of amides is 1. The summed E-state index contributed by atoms with van der Waals surface area (Å²) in [4.78, 5) is 18.2. The van der Waals surface area contributed by atoms with Crippen LogP contribution in [0.1, 0.15) is 36.2 Å². The quantitative estimate of drug-likeness (QED) is 0.903. The Morgan fingerprint density at radius 3 is 3.05 bits per heavy atom. The molecule has 0 saturated carbocycles. The van der Waals surface area contributed by atoms with E-state index in [0.717, 1.165) is 45.0 Å². The number of nitrogens with one attached hydrogen (secondary N) is 1. The molecule has 0 aromatic carbocycles. The average molecular weight is 265 g/mol. The van der Waals surface area contributed by atoms with E-state index < -0.39 is 5.82 Å². The number of rotatable bonds is 4. The van der Waals surface area contributed by atoms with Crippen LogP contribution in [0, 0.1) is 5.82 Å². The number of aromatic nitrogens is 1. The molecule has 1 aromatic heterocycles. The Hall–Kier alpha value is -1.49. The fraction of sp³-hybridized carbons (Fsp3) is 0.571. The maximum absolute atomic E-state index is 12.8. The third-order valence-electron chi connectivity index (χ3n) is 3.56. The van der Waals surface area contributed by atoms with E-state index in [9.17, 15) is 9.18 Å². The van der Waals surface area contributed by atoms with Gasteiger partial charge in [0.05, 0.1) is 6.20 Å². The van der Waals surface area contributed by atoms with Crippen molar-refractivity contribution >= 4 is 5.91 Å². The predicted octanol–water partition coefficient (Wildman–Crippen LogP) is 1.82. The third-order valence-corrected chi connectivity index (χ3v) is 3.56. The highest BCUT2D eigenvalue weighted by atomic mass is 19.1. The fourth-order valence-electron chi connectivity index (χ4n) is 2.53. The predicted molar refractivity (Wildman–Crippen MR) is 71.4 cm³/mol. The minimum absolute atomic E-state index is 0.0826. The fourth-order valence-corrected chi connectivity index (χ4v) is 2.53. The zero-order valence-electron chi connectivity index (χ0n) is 11.2. The van der Waals surface area contributed by atoms with E-state index in [4.69, 9.17) is 0 Å². The molecule has 0 bridgehead atoms. The number of hydrogen-bond donors (Lipinski definition) is 1. The smallest absolute Gasteiger partial charge is 0.272 e. The van der Waals surface area contributed by atoms with Gasteiger partial charge in [-0.05, 0) is 51.4 Å².